The third-order valence-electron chi connectivity index (χ3n) is 2.68. The van der Waals surface area contributed by atoms with Gasteiger partial charge in [-0.25, -0.2) is 0 Å². The van der Waals surface area contributed by atoms with Crippen molar-refractivity contribution in [3.63, 3.8) is 0 Å². The van der Waals surface area contributed by atoms with Crippen molar-refractivity contribution in [2.24, 2.45) is 5.92 Å². The lowest BCUT2D eigenvalue weighted by Gasteiger charge is -2.06. The van der Waals surface area contributed by atoms with Crippen LogP contribution in [0.3, 0.4) is 0 Å². The van der Waals surface area contributed by atoms with Crippen molar-refractivity contribution in [3.05, 3.63) is 29.8 Å². The van der Waals surface area contributed by atoms with Gasteiger partial charge >= 0.3 is 0 Å². The predicted molar refractivity (Wildman–Crippen MR) is 84.8 cm³/mol. The first kappa shape index (κ1) is 16.1. The number of benzene rings is 1. The Labute approximate surface area is 122 Å². The first-order chi connectivity index (χ1) is 9.63. The summed E-state index contributed by atoms with van der Waals surface area (Å²) in [5.41, 5.74) is 1.73. The molecule has 0 bridgehead atoms. The molecule has 0 saturated carbocycles. The van der Waals surface area contributed by atoms with E-state index < -0.39 is 0 Å². The topological polar surface area (TPSA) is 41.1 Å². The summed E-state index contributed by atoms with van der Waals surface area (Å²) in [6, 6.07) is 7.52. The average molecular weight is 272 g/mol. The van der Waals surface area contributed by atoms with Crippen LogP contribution in [0.2, 0.25) is 0 Å². The number of amides is 1. The first-order valence-electron chi connectivity index (χ1n) is 7.24. The molecule has 0 saturated heterocycles. The molecule has 1 aromatic carbocycles. The predicted octanol–water partition coefficient (Wildman–Crippen LogP) is 3.29. The zero-order valence-corrected chi connectivity index (χ0v) is 12.6. The van der Waals surface area contributed by atoms with Crippen LogP contribution in [0.15, 0.2) is 24.3 Å². The Morgan fingerprint density at radius 3 is 2.55 bits per heavy atom. The molecule has 0 atom stereocenters. The maximum atomic E-state index is 11.9. The quantitative estimate of drug-likeness (QED) is 0.616. The third-order valence-corrected chi connectivity index (χ3v) is 2.68. The third kappa shape index (κ3) is 6.29. The second-order valence-corrected chi connectivity index (χ2v) is 4.94. The number of carbonyl (C=O) groups is 1. The van der Waals surface area contributed by atoms with Gasteiger partial charge in [0.1, 0.15) is 0 Å². The van der Waals surface area contributed by atoms with Crippen LogP contribution in [0.1, 0.15) is 44.0 Å². The average Bonchev–Trinajstić information content (AvgIpc) is 2.43. The Balaban J connectivity index is 2.31. The van der Waals surface area contributed by atoms with Crippen LogP contribution in [-0.2, 0) is 0 Å². The Morgan fingerprint density at radius 2 is 1.95 bits per heavy atom. The molecule has 0 radical (unpaired) electrons. The van der Waals surface area contributed by atoms with Gasteiger partial charge in [-0.3, -0.25) is 4.79 Å². The lowest BCUT2D eigenvalue weighted by molar-refractivity contribution is 0.0953. The maximum Gasteiger partial charge on any atom is 0.251 e. The summed E-state index contributed by atoms with van der Waals surface area (Å²) in [5.74, 6) is 6.62. The summed E-state index contributed by atoms with van der Waals surface area (Å²) in [6.07, 6.45) is 1.72. The standard InChI is InChI=1S/C17H24N2O/c1-4-18-16-11-9-15(10-12-16)17(20)19-13-7-5-6-8-14(2)3/h9-12,14,18H,4-5,7,13H2,1-3H3,(H,19,20). The Morgan fingerprint density at radius 1 is 1.25 bits per heavy atom. The van der Waals surface area contributed by atoms with E-state index in [-0.39, 0.29) is 5.91 Å². The summed E-state index contributed by atoms with van der Waals surface area (Å²) in [5, 5.41) is 6.11. The van der Waals surface area contributed by atoms with Crippen molar-refractivity contribution < 1.29 is 4.79 Å². The van der Waals surface area contributed by atoms with Gasteiger partial charge < -0.3 is 10.6 Å². The minimum atomic E-state index is -0.0233. The van der Waals surface area contributed by atoms with Crippen LogP contribution in [0.25, 0.3) is 0 Å². The molecule has 1 rings (SSSR count). The van der Waals surface area contributed by atoms with E-state index in [1.165, 1.54) is 0 Å². The highest BCUT2D eigenvalue weighted by Crippen LogP contribution is 2.09. The molecular formula is C17H24N2O. The molecule has 3 nitrogen and oxygen atoms in total. The number of nitrogens with one attached hydrogen (secondary N) is 2. The number of carbonyl (C=O) groups excluding carboxylic acids is 1. The Hall–Kier alpha value is -1.95. The second-order valence-electron chi connectivity index (χ2n) is 4.94. The van der Waals surface area contributed by atoms with Crippen LogP contribution in [0.5, 0.6) is 0 Å². The fourth-order valence-electron chi connectivity index (χ4n) is 1.70. The van der Waals surface area contributed by atoms with E-state index in [4.69, 9.17) is 0 Å². The zero-order chi connectivity index (χ0) is 14.8. The van der Waals surface area contributed by atoms with Gasteiger partial charge in [0.25, 0.3) is 5.91 Å². The minimum Gasteiger partial charge on any atom is -0.385 e. The number of rotatable bonds is 6. The SMILES string of the molecule is CCNc1ccc(C(=O)NCCCC#CC(C)C)cc1. The van der Waals surface area contributed by atoms with Crippen molar-refractivity contribution in [1.82, 2.24) is 5.32 Å². The number of hydrogen-bond acceptors (Lipinski definition) is 2. The maximum absolute atomic E-state index is 11.9. The highest BCUT2D eigenvalue weighted by Gasteiger charge is 2.03. The first-order valence-corrected chi connectivity index (χ1v) is 7.24. The van der Waals surface area contributed by atoms with E-state index in [0.29, 0.717) is 18.0 Å². The normalized spacial score (nSPS) is 9.80. The van der Waals surface area contributed by atoms with Crippen molar-refractivity contribution in [2.45, 2.75) is 33.6 Å². The molecule has 0 aliphatic carbocycles. The van der Waals surface area contributed by atoms with E-state index >= 15 is 0 Å². The van der Waals surface area contributed by atoms with Gasteiger partial charge in [-0.15, -0.1) is 11.8 Å². The van der Waals surface area contributed by atoms with Crippen molar-refractivity contribution in [1.29, 1.82) is 0 Å². The summed E-state index contributed by atoms with van der Waals surface area (Å²) in [7, 11) is 0. The monoisotopic (exact) mass is 272 g/mol. The molecule has 0 unspecified atom stereocenters. The summed E-state index contributed by atoms with van der Waals surface area (Å²) in [6.45, 7) is 7.74. The van der Waals surface area contributed by atoms with Gasteiger partial charge in [-0.05, 0) is 37.6 Å². The van der Waals surface area contributed by atoms with Crippen LogP contribution < -0.4 is 10.6 Å². The van der Waals surface area contributed by atoms with Crippen molar-refractivity contribution in [2.75, 3.05) is 18.4 Å². The molecular weight excluding hydrogens is 248 g/mol. The lowest BCUT2D eigenvalue weighted by Crippen LogP contribution is -2.24. The summed E-state index contributed by atoms with van der Waals surface area (Å²) in [4.78, 5) is 11.9. The fourth-order valence-corrected chi connectivity index (χ4v) is 1.70. The molecule has 0 aliphatic rings. The van der Waals surface area contributed by atoms with E-state index in [0.717, 1.165) is 25.1 Å². The molecule has 3 heteroatoms. The smallest absolute Gasteiger partial charge is 0.251 e. The van der Waals surface area contributed by atoms with E-state index in [2.05, 4.69) is 36.3 Å². The molecule has 108 valence electrons. The molecule has 20 heavy (non-hydrogen) atoms. The Bertz CT molecular complexity index is 466. The molecule has 0 aromatic heterocycles. The van der Waals surface area contributed by atoms with Gasteiger partial charge in [0.2, 0.25) is 0 Å². The minimum absolute atomic E-state index is 0.0233. The number of unbranched alkanes of at least 4 members (excludes halogenated alkanes) is 1. The van der Waals surface area contributed by atoms with Crippen LogP contribution in [0.4, 0.5) is 5.69 Å². The molecule has 1 amide bonds. The molecule has 0 spiro atoms. The zero-order valence-electron chi connectivity index (χ0n) is 12.6. The summed E-state index contributed by atoms with van der Waals surface area (Å²) < 4.78 is 0. The van der Waals surface area contributed by atoms with Crippen LogP contribution in [0, 0.1) is 17.8 Å². The van der Waals surface area contributed by atoms with Gasteiger partial charge in [0.05, 0.1) is 0 Å². The Kier molecular flexibility index (Phi) is 7.27. The molecule has 1 aromatic rings. The van der Waals surface area contributed by atoms with Gasteiger partial charge in [0.15, 0.2) is 0 Å². The summed E-state index contributed by atoms with van der Waals surface area (Å²) >= 11 is 0. The van der Waals surface area contributed by atoms with Crippen LogP contribution >= 0.6 is 0 Å². The van der Waals surface area contributed by atoms with E-state index in [1.807, 2.05) is 31.2 Å². The molecule has 0 aliphatic heterocycles. The van der Waals surface area contributed by atoms with E-state index in [9.17, 15) is 4.79 Å². The second kappa shape index (κ2) is 9.03. The number of anilines is 1. The highest BCUT2D eigenvalue weighted by molar-refractivity contribution is 5.94. The van der Waals surface area contributed by atoms with Gasteiger partial charge in [-0.2, -0.15) is 0 Å². The lowest BCUT2D eigenvalue weighted by atomic mass is 10.2. The van der Waals surface area contributed by atoms with E-state index in [1.54, 1.807) is 0 Å². The molecule has 0 heterocycles. The van der Waals surface area contributed by atoms with Crippen LogP contribution in [-0.4, -0.2) is 19.0 Å². The van der Waals surface area contributed by atoms with Crippen molar-refractivity contribution in [3.8, 4) is 11.8 Å². The fraction of sp³-hybridized carbons (Fsp3) is 0.471. The highest BCUT2D eigenvalue weighted by atomic mass is 16.1. The number of hydrogen-bond donors (Lipinski definition) is 2. The largest absolute Gasteiger partial charge is 0.385 e. The van der Waals surface area contributed by atoms with Gasteiger partial charge in [0, 0.05) is 36.7 Å². The van der Waals surface area contributed by atoms with Crippen molar-refractivity contribution >= 4 is 11.6 Å². The molecule has 0 fully saturated rings. The molecule has 2 N–H and O–H groups in total. The van der Waals surface area contributed by atoms with Gasteiger partial charge in [-0.1, -0.05) is 13.8 Å².